The van der Waals surface area contributed by atoms with Gasteiger partial charge in [0, 0.05) is 11.6 Å². The number of nitrogens with one attached hydrogen (secondary N) is 2. The van der Waals surface area contributed by atoms with Crippen molar-refractivity contribution >= 4 is 11.8 Å². The van der Waals surface area contributed by atoms with Crippen molar-refractivity contribution in [1.82, 2.24) is 10.6 Å². The SMILES string of the molecule is CCOc1ccc(C(=O)NC(C(=O)NC2CC2)C(C)C)cc1. The molecule has 5 nitrogen and oxygen atoms in total. The number of benzene rings is 1. The van der Waals surface area contributed by atoms with Gasteiger partial charge in [-0.25, -0.2) is 0 Å². The van der Waals surface area contributed by atoms with Gasteiger partial charge in [-0.2, -0.15) is 0 Å². The Labute approximate surface area is 131 Å². The maximum atomic E-state index is 12.3. The Morgan fingerprint density at radius 3 is 2.36 bits per heavy atom. The highest BCUT2D eigenvalue weighted by Crippen LogP contribution is 2.19. The van der Waals surface area contributed by atoms with Gasteiger partial charge < -0.3 is 15.4 Å². The Balaban J connectivity index is 1.98. The van der Waals surface area contributed by atoms with Crippen molar-refractivity contribution in [3.05, 3.63) is 29.8 Å². The second kappa shape index (κ2) is 7.29. The van der Waals surface area contributed by atoms with Crippen molar-refractivity contribution in [1.29, 1.82) is 0 Å². The predicted octanol–water partition coefficient (Wildman–Crippen LogP) is 2.12. The largest absolute Gasteiger partial charge is 0.494 e. The number of hydrogen-bond donors (Lipinski definition) is 2. The van der Waals surface area contributed by atoms with Crippen LogP contribution in [-0.4, -0.2) is 30.5 Å². The Morgan fingerprint density at radius 2 is 1.86 bits per heavy atom. The quantitative estimate of drug-likeness (QED) is 0.811. The topological polar surface area (TPSA) is 67.4 Å². The molecule has 2 N–H and O–H groups in total. The number of carbonyl (C=O) groups excluding carboxylic acids is 2. The molecule has 1 unspecified atom stereocenters. The van der Waals surface area contributed by atoms with Gasteiger partial charge in [0.2, 0.25) is 5.91 Å². The van der Waals surface area contributed by atoms with Crippen LogP contribution in [-0.2, 0) is 4.79 Å². The summed E-state index contributed by atoms with van der Waals surface area (Å²) in [7, 11) is 0. The monoisotopic (exact) mass is 304 g/mol. The van der Waals surface area contributed by atoms with E-state index in [0.29, 0.717) is 12.2 Å². The third kappa shape index (κ3) is 4.48. The van der Waals surface area contributed by atoms with Crippen LogP contribution in [0, 0.1) is 5.92 Å². The van der Waals surface area contributed by atoms with E-state index in [1.807, 2.05) is 20.8 Å². The molecule has 0 saturated heterocycles. The molecule has 5 heteroatoms. The van der Waals surface area contributed by atoms with Crippen LogP contribution in [0.5, 0.6) is 5.75 Å². The Bertz CT molecular complexity index is 521. The molecule has 1 atom stereocenters. The van der Waals surface area contributed by atoms with Gasteiger partial charge in [-0.05, 0) is 49.9 Å². The molecule has 1 fully saturated rings. The molecular formula is C17H24N2O3. The molecule has 0 aliphatic heterocycles. The molecule has 1 aliphatic rings. The lowest BCUT2D eigenvalue weighted by atomic mass is 10.0. The van der Waals surface area contributed by atoms with E-state index in [-0.39, 0.29) is 23.8 Å². The Morgan fingerprint density at radius 1 is 1.23 bits per heavy atom. The van der Waals surface area contributed by atoms with Gasteiger partial charge >= 0.3 is 0 Å². The molecule has 0 spiro atoms. The highest BCUT2D eigenvalue weighted by Gasteiger charge is 2.30. The first kappa shape index (κ1) is 16.3. The maximum Gasteiger partial charge on any atom is 0.251 e. The summed E-state index contributed by atoms with van der Waals surface area (Å²) in [4.78, 5) is 24.5. The molecule has 1 aromatic rings. The minimum Gasteiger partial charge on any atom is -0.494 e. The van der Waals surface area contributed by atoms with Gasteiger partial charge in [-0.1, -0.05) is 13.8 Å². The molecular weight excluding hydrogens is 280 g/mol. The number of hydrogen-bond acceptors (Lipinski definition) is 3. The van der Waals surface area contributed by atoms with Gasteiger partial charge in [0.25, 0.3) is 5.91 Å². The zero-order valence-electron chi connectivity index (χ0n) is 13.4. The summed E-state index contributed by atoms with van der Waals surface area (Å²) in [5.74, 6) is 0.417. The summed E-state index contributed by atoms with van der Waals surface area (Å²) in [6.45, 7) is 6.35. The van der Waals surface area contributed by atoms with Crippen LogP contribution in [0.4, 0.5) is 0 Å². The lowest BCUT2D eigenvalue weighted by Gasteiger charge is -2.21. The lowest BCUT2D eigenvalue weighted by Crippen LogP contribution is -2.50. The molecule has 1 saturated carbocycles. The van der Waals surface area contributed by atoms with Crippen LogP contribution in [0.25, 0.3) is 0 Å². The summed E-state index contributed by atoms with van der Waals surface area (Å²) >= 11 is 0. The Hall–Kier alpha value is -2.04. The summed E-state index contributed by atoms with van der Waals surface area (Å²) in [5, 5.41) is 5.77. The van der Waals surface area contributed by atoms with Gasteiger partial charge in [-0.15, -0.1) is 0 Å². The summed E-state index contributed by atoms with van der Waals surface area (Å²) < 4.78 is 5.35. The van der Waals surface area contributed by atoms with Crippen LogP contribution in [0.15, 0.2) is 24.3 Å². The van der Waals surface area contributed by atoms with Crippen molar-refractivity contribution in [3.63, 3.8) is 0 Å². The van der Waals surface area contributed by atoms with Crippen LogP contribution >= 0.6 is 0 Å². The smallest absolute Gasteiger partial charge is 0.251 e. The Kier molecular flexibility index (Phi) is 5.41. The molecule has 2 rings (SSSR count). The van der Waals surface area contributed by atoms with Crippen LogP contribution in [0.1, 0.15) is 44.0 Å². The first-order chi connectivity index (χ1) is 10.5. The molecule has 1 aliphatic carbocycles. The van der Waals surface area contributed by atoms with E-state index in [2.05, 4.69) is 10.6 Å². The van der Waals surface area contributed by atoms with E-state index in [1.165, 1.54) is 0 Å². The molecule has 22 heavy (non-hydrogen) atoms. The van der Waals surface area contributed by atoms with Gasteiger partial charge in [0.1, 0.15) is 11.8 Å². The number of rotatable bonds is 7. The standard InChI is InChI=1S/C17H24N2O3/c1-4-22-14-9-5-12(6-10-14)16(20)19-15(11(2)3)17(21)18-13-7-8-13/h5-6,9-11,13,15H,4,7-8H2,1-3H3,(H,18,21)(H,19,20). The fourth-order valence-electron chi connectivity index (χ4n) is 2.15. The molecule has 0 radical (unpaired) electrons. The number of amides is 2. The summed E-state index contributed by atoms with van der Waals surface area (Å²) in [6, 6.07) is 6.70. The zero-order valence-corrected chi connectivity index (χ0v) is 13.4. The minimum absolute atomic E-state index is 0.0328. The maximum absolute atomic E-state index is 12.3. The van der Waals surface area contributed by atoms with E-state index in [9.17, 15) is 9.59 Å². The van der Waals surface area contributed by atoms with E-state index in [4.69, 9.17) is 4.74 Å². The molecule has 0 aromatic heterocycles. The molecule has 1 aromatic carbocycles. The van der Waals surface area contributed by atoms with Crippen LogP contribution in [0.2, 0.25) is 0 Å². The van der Waals surface area contributed by atoms with Crippen molar-refractivity contribution in [2.75, 3.05) is 6.61 Å². The minimum atomic E-state index is -0.514. The van der Waals surface area contributed by atoms with Gasteiger partial charge in [0.05, 0.1) is 6.61 Å². The second-order valence-corrected chi connectivity index (χ2v) is 5.94. The highest BCUT2D eigenvalue weighted by atomic mass is 16.5. The van der Waals surface area contributed by atoms with Crippen LogP contribution in [0.3, 0.4) is 0 Å². The van der Waals surface area contributed by atoms with Crippen molar-refractivity contribution in [2.45, 2.75) is 45.7 Å². The number of ether oxygens (including phenoxy) is 1. The third-order valence-corrected chi connectivity index (χ3v) is 3.59. The fraction of sp³-hybridized carbons (Fsp3) is 0.529. The van der Waals surface area contributed by atoms with Crippen molar-refractivity contribution < 1.29 is 14.3 Å². The zero-order chi connectivity index (χ0) is 16.1. The molecule has 0 bridgehead atoms. The third-order valence-electron chi connectivity index (χ3n) is 3.59. The van der Waals surface area contributed by atoms with Crippen molar-refractivity contribution in [2.24, 2.45) is 5.92 Å². The molecule has 120 valence electrons. The summed E-state index contributed by atoms with van der Waals surface area (Å²) in [5.41, 5.74) is 0.522. The average molecular weight is 304 g/mol. The first-order valence-corrected chi connectivity index (χ1v) is 7.85. The molecule has 0 heterocycles. The van der Waals surface area contributed by atoms with E-state index < -0.39 is 6.04 Å². The van der Waals surface area contributed by atoms with Gasteiger partial charge in [-0.3, -0.25) is 9.59 Å². The van der Waals surface area contributed by atoms with E-state index in [1.54, 1.807) is 24.3 Å². The number of carbonyl (C=O) groups is 2. The van der Waals surface area contributed by atoms with E-state index in [0.717, 1.165) is 18.6 Å². The average Bonchev–Trinajstić information content (AvgIpc) is 3.29. The molecule has 2 amide bonds. The normalized spacial score (nSPS) is 15.3. The lowest BCUT2D eigenvalue weighted by molar-refractivity contribution is -0.124. The van der Waals surface area contributed by atoms with Crippen molar-refractivity contribution in [3.8, 4) is 5.75 Å². The fourth-order valence-corrected chi connectivity index (χ4v) is 2.15. The van der Waals surface area contributed by atoms with Gasteiger partial charge in [0.15, 0.2) is 0 Å². The second-order valence-electron chi connectivity index (χ2n) is 5.94. The predicted molar refractivity (Wildman–Crippen MR) is 84.9 cm³/mol. The van der Waals surface area contributed by atoms with E-state index >= 15 is 0 Å². The first-order valence-electron chi connectivity index (χ1n) is 7.85. The summed E-state index contributed by atoms with van der Waals surface area (Å²) in [6.07, 6.45) is 2.06. The van der Waals surface area contributed by atoms with Crippen LogP contribution < -0.4 is 15.4 Å². The highest BCUT2D eigenvalue weighted by molar-refractivity contribution is 5.97.